The molecule has 3 heterocycles. The molecule has 1 saturated heterocycles. The summed E-state index contributed by atoms with van der Waals surface area (Å²) in [6, 6.07) is 14.6. The van der Waals surface area contributed by atoms with Crippen LogP contribution in [0.5, 0.6) is 0 Å². The van der Waals surface area contributed by atoms with Crippen LogP contribution in [-0.2, 0) is 21.4 Å². The highest BCUT2D eigenvalue weighted by Gasteiger charge is 2.37. The number of carbonyl (C=O) groups is 1. The number of para-hydroxylation sites is 1. The van der Waals surface area contributed by atoms with Gasteiger partial charge in [0.25, 0.3) is 0 Å². The summed E-state index contributed by atoms with van der Waals surface area (Å²) >= 11 is 0. The van der Waals surface area contributed by atoms with Gasteiger partial charge in [-0.05, 0) is 31.0 Å². The van der Waals surface area contributed by atoms with Crippen LogP contribution >= 0.6 is 0 Å². The van der Waals surface area contributed by atoms with Gasteiger partial charge in [0.05, 0.1) is 10.6 Å². The largest absolute Gasteiger partial charge is 0.444 e. The van der Waals surface area contributed by atoms with Gasteiger partial charge in [-0.1, -0.05) is 30.3 Å². The van der Waals surface area contributed by atoms with Gasteiger partial charge in [-0.15, -0.1) is 0 Å². The van der Waals surface area contributed by atoms with Crippen LogP contribution in [0, 0.1) is 0 Å². The number of piperidine rings is 1. The number of amides is 1. The first-order chi connectivity index (χ1) is 14.6. The Morgan fingerprint density at radius 1 is 1.00 bits per heavy atom. The number of hydrogen-bond acceptors (Lipinski definition) is 5. The first kappa shape index (κ1) is 19.0. The molecule has 0 saturated carbocycles. The number of benzene rings is 2. The van der Waals surface area contributed by atoms with E-state index in [1.807, 2.05) is 30.3 Å². The molecule has 0 atom stereocenters. The zero-order valence-electron chi connectivity index (χ0n) is 16.3. The molecule has 0 unspecified atom stereocenters. The lowest BCUT2D eigenvalue weighted by Gasteiger charge is -2.39. The summed E-state index contributed by atoms with van der Waals surface area (Å²) in [5.41, 5.74) is 1.83. The van der Waals surface area contributed by atoms with E-state index in [0.717, 1.165) is 16.6 Å². The van der Waals surface area contributed by atoms with Crippen molar-refractivity contribution in [3.8, 4) is 0 Å². The van der Waals surface area contributed by atoms with Crippen molar-refractivity contribution in [1.29, 1.82) is 0 Å². The summed E-state index contributed by atoms with van der Waals surface area (Å²) in [6.45, 7) is 0.968. The molecule has 1 aromatic heterocycles. The average molecular weight is 423 g/mol. The van der Waals surface area contributed by atoms with Gasteiger partial charge in [-0.25, -0.2) is 13.2 Å². The van der Waals surface area contributed by atoms with Gasteiger partial charge in [0.15, 0.2) is 0 Å². The van der Waals surface area contributed by atoms with Crippen LogP contribution in [-0.4, -0.2) is 42.9 Å². The lowest BCUT2D eigenvalue weighted by atomic mass is 10.0. The smallest absolute Gasteiger partial charge is 0.414 e. The molecule has 1 amide bonds. The fourth-order valence-electron chi connectivity index (χ4n) is 4.32. The molecule has 0 bridgehead atoms. The third-order valence-electron chi connectivity index (χ3n) is 5.85. The maximum atomic E-state index is 13.3. The zero-order chi connectivity index (χ0) is 20.7. The lowest BCUT2D eigenvalue weighted by Crippen LogP contribution is -2.50. The van der Waals surface area contributed by atoms with Crippen LogP contribution < -0.4 is 4.90 Å². The first-order valence-electron chi connectivity index (χ1n) is 9.92. The number of ether oxygens (including phenoxy) is 1. The van der Waals surface area contributed by atoms with Gasteiger partial charge in [0, 0.05) is 47.9 Å². The Morgan fingerprint density at radius 2 is 1.80 bits per heavy atom. The molecule has 30 heavy (non-hydrogen) atoms. The molecule has 5 rings (SSSR count). The number of hydrogen-bond donors (Lipinski definition) is 0. The molecular weight excluding hydrogens is 402 g/mol. The summed E-state index contributed by atoms with van der Waals surface area (Å²) in [5, 5.41) is 1.46. The van der Waals surface area contributed by atoms with E-state index in [2.05, 4.69) is 4.98 Å². The van der Waals surface area contributed by atoms with E-state index in [-0.39, 0.29) is 18.7 Å². The Labute approximate surface area is 174 Å². The molecule has 2 aliphatic rings. The molecule has 0 N–H and O–H groups in total. The van der Waals surface area contributed by atoms with E-state index < -0.39 is 10.0 Å². The molecule has 3 aromatic rings. The van der Waals surface area contributed by atoms with Crippen LogP contribution in [0.1, 0.15) is 18.4 Å². The molecule has 2 aliphatic heterocycles. The second-order valence-corrected chi connectivity index (χ2v) is 9.45. The lowest BCUT2D eigenvalue weighted by molar-refractivity contribution is 0.136. The van der Waals surface area contributed by atoms with Crippen molar-refractivity contribution in [3.63, 3.8) is 0 Å². The van der Waals surface area contributed by atoms with Crippen molar-refractivity contribution in [3.05, 3.63) is 66.5 Å². The molecule has 7 nitrogen and oxygen atoms in total. The number of rotatable bonds is 3. The minimum Gasteiger partial charge on any atom is -0.444 e. The second-order valence-electron chi connectivity index (χ2n) is 7.54. The highest BCUT2D eigenvalue weighted by molar-refractivity contribution is 7.89. The second kappa shape index (κ2) is 7.37. The number of sulfonamides is 1. The average Bonchev–Trinajstić information content (AvgIpc) is 2.79. The maximum absolute atomic E-state index is 13.3. The van der Waals surface area contributed by atoms with E-state index in [1.165, 1.54) is 4.31 Å². The van der Waals surface area contributed by atoms with Crippen molar-refractivity contribution in [1.82, 2.24) is 9.29 Å². The number of nitrogens with zero attached hydrogens (tertiary/aromatic N) is 3. The Morgan fingerprint density at radius 3 is 2.63 bits per heavy atom. The molecule has 154 valence electrons. The number of pyridine rings is 1. The van der Waals surface area contributed by atoms with Gasteiger partial charge < -0.3 is 4.74 Å². The van der Waals surface area contributed by atoms with Gasteiger partial charge in [-0.3, -0.25) is 9.88 Å². The molecule has 1 fully saturated rings. The summed E-state index contributed by atoms with van der Waals surface area (Å²) in [5.74, 6) is 0. The predicted octanol–water partition coefficient (Wildman–Crippen LogP) is 3.54. The minimum atomic E-state index is -3.65. The van der Waals surface area contributed by atoms with Crippen LogP contribution in [0.2, 0.25) is 0 Å². The Hall–Kier alpha value is -2.97. The van der Waals surface area contributed by atoms with E-state index in [1.54, 1.807) is 35.5 Å². The van der Waals surface area contributed by atoms with Gasteiger partial charge in [0.2, 0.25) is 10.0 Å². The highest BCUT2D eigenvalue weighted by Crippen LogP contribution is 2.33. The van der Waals surface area contributed by atoms with E-state index in [9.17, 15) is 13.2 Å². The predicted molar refractivity (Wildman–Crippen MR) is 113 cm³/mol. The molecular formula is C22H21N3O4S. The standard InChI is InChI=1S/C22H21N3O4S/c26-22-25(20-6-2-1-4-17(20)15-29-22)18-9-12-24(13-10-18)30(27,28)21-7-3-5-16-14-23-11-8-19(16)21/h1-8,11,14,18H,9-10,12-13,15H2. The van der Waals surface area contributed by atoms with Gasteiger partial charge in [0.1, 0.15) is 6.61 Å². The molecule has 2 aromatic carbocycles. The van der Waals surface area contributed by atoms with Crippen LogP contribution in [0.3, 0.4) is 0 Å². The first-order valence-corrected chi connectivity index (χ1v) is 11.4. The maximum Gasteiger partial charge on any atom is 0.414 e. The molecule has 0 aliphatic carbocycles. The fourth-order valence-corrected chi connectivity index (χ4v) is 6.00. The Bertz CT molecular complexity index is 1210. The normalized spacial score (nSPS) is 18.3. The van der Waals surface area contributed by atoms with Crippen molar-refractivity contribution in [2.75, 3.05) is 18.0 Å². The number of fused-ring (bicyclic) bond motifs is 2. The summed E-state index contributed by atoms with van der Waals surface area (Å²) < 4.78 is 33.5. The topological polar surface area (TPSA) is 79.8 Å². The number of anilines is 1. The Balaban J connectivity index is 1.39. The molecule has 8 heteroatoms. The minimum absolute atomic E-state index is 0.0953. The quantitative estimate of drug-likeness (QED) is 0.644. The Kier molecular flexibility index (Phi) is 4.67. The zero-order valence-corrected chi connectivity index (χ0v) is 17.1. The van der Waals surface area contributed by atoms with Crippen LogP contribution in [0.15, 0.2) is 65.8 Å². The van der Waals surface area contributed by atoms with Gasteiger partial charge in [-0.2, -0.15) is 4.31 Å². The van der Waals surface area contributed by atoms with Crippen molar-refractivity contribution in [2.24, 2.45) is 0 Å². The third-order valence-corrected chi connectivity index (χ3v) is 7.80. The highest BCUT2D eigenvalue weighted by atomic mass is 32.2. The van der Waals surface area contributed by atoms with Crippen molar-refractivity contribution >= 4 is 32.6 Å². The third kappa shape index (κ3) is 3.12. The van der Waals surface area contributed by atoms with Crippen molar-refractivity contribution in [2.45, 2.75) is 30.4 Å². The summed E-state index contributed by atoms with van der Waals surface area (Å²) in [4.78, 5) is 18.5. The molecule has 0 spiro atoms. The number of carbonyl (C=O) groups excluding carboxylic acids is 1. The summed E-state index contributed by atoms with van der Waals surface area (Å²) in [7, 11) is -3.65. The van der Waals surface area contributed by atoms with E-state index in [0.29, 0.717) is 36.2 Å². The van der Waals surface area contributed by atoms with Crippen LogP contribution in [0.4, 0.5) is 10.5 Å². The number of cyclic esters (lactones) is 1. The van der Waals surface area contributed by atoms with E-state index in [4.69, 9.17) is 4.74 Å². The monoisotopic (exact) mass is 423 g/mol. The van der Waals surface area contributed by atoms with Crippen molar-refractivity contribution < 1.29 is 17.9 Å². The van der Waals surface area contributed by atoms with Gasteiger partial charge >= 0.3 is 6.09 Å². The number of aromatic nitrogens is 1. The van der Waals surface area contributed by atoms with E-state index >= 15 is 0 Å². The van der Waals surface area contributed by atoms with Crippen LogP contribution in [0.25, 0.3) is 10.8 Å². The fraction of sp³-hybridized carbons (Fsp3) is 0.273. The SMILES string of the molecule is O=C1OCc2ccccc2N1C1CCN(S(=O)(=O)c2cccc3cnccc23)CC1. The summed E-state index contributed by atoms with van der Waals surface area (Å²) in [6.07, 6.45) is 4.01. The molecule has 0 radical (unpaired) electrons.